The minimum Gasteiger partial charge on any atom is -0.345 e. The van der Waals surface area contributed by atoms with E-state index >= 15 is 0 Å². The van der Waals surface area contributed by atoms with Gasteiger partial charge in [0, 0.05) is 19.4 Å². The molecule has 3 rings (SSSR count). The highest BCUT2D eigenvalue weighted by Crippen LogP contribution is 2.38. The van der Waals surface area contributed by atoms with Crippen molar-refractivity contribution in [1.82, 2.24) is 4.90 Å². The number of likely N-dealkylation sites (tertiary alicyclic amines) is 1. The van der Waals surface area contributed by atoms with Gasteiger partial charge >= 0.3 is 0 Å². The number of amides is 1. The summed E-state index contributed by atoms with van der Waals surface area (Å²) in [5.74, 6) is -0.472. The van der Waals surface area contributed by atoms with Crippen LogP contribution < -0.4 is 0 Å². The Balaban J connectivity index is 1.90. The average molecular weight is 275 g/mol. The first-order valence-corrected chi connectivity index (χ1v) is 7.19. The van der Waals surface area contributed by atoms with E-state index in [1.807, 2.05) is 36.9 Å². The minimum atomic E-state index is -0.654. The summed E-state index contributed by atoms with van der Waals surface area (Å²) in [6.45, 7) is 4.99. The summed E-state index contributed by atoms with van der Waals surface area (Å²) in [5.41, 5.74) is 0.506. The molecule has 0 saturated carbocycles. The molecule has 4 heteroatoms. The van der Waals surface area contributed by atoms with Crippen LogP contribution in [-0.2, 0) is 20.7 Å². The smallest absolute Gasteiger partial charge is 0.224 e. The Morgan fingerprint density at radius 2 is 2.00 bits per heavy atom. The van der Waals surface area contributed by atoms with Gasteiger partial charge < -0.3 is 14.4 Å². The van der Waals surface area contributed by atoms with Crippen molar-refractivity contribution in [2.75, 3.05) is 13.2 Å². The Bertz CT molecular complexity index is 500. The Morgan fingerprint density at radius 1 is 1.25 bits per heavy atom. The molecule has 0 spiro atoms. The van der Waals surface area contributed by atoms with Crippen molar-refractivity contribution in [3.05, 3.63) is 35.9 Å². The Hall–Kier alpha value is -1.39. The first-order chi connectivity index (χ1) is 9.51. The van der Waals surface area contributed by atoms with Crippen LogP contribution in [0.5, 0.6) is 0 Å². The van der Waals surface area contributed by atoms with Crippen molar-refractivity contribution >= 4 is 5.91 Å². The number of carbonyl (C=O) groups excluding carboxylic acids is 1. The molecule has 1 atom stereocenters. The number of carbonyl (C=O) groups is 1. The molecule has 0 bridgehead atoms. The lowest BCUT2D eigenvalue weighted by Gasteiger charge is -2.37. The average Bonchev–Trinajstić information content (AvgIpc) is 2.95. The van der Waals surface area contributed by atoms with Gasteiger partial charge in [-0.1, -0.05) is 30.3 Å². The third kappa shape index (κ3) is 2.45. The maximum atomic E-state index is 12.2. The van der Waals surface area contributed by atoms with Crippen LogP contribution in [0.1, 0.15) is 32.3 Å². The molecule has 108 valence electrons. The van der Waals surface area contributed by atoms with Gasteiger partial charge in [-0.25, -0.2) is 0 Å². The van der Waals surface area contributed by atoms with E-state index < -0.39 is 11.5 Å². The highest BCUT2D eigenvalue weighted by Gasteiger charge is 2.52. The molecule has 2 heterocycles. The number of nitrogens with zero attached hydrogens (tertiary/aromatic N) is 1. The molecule has 1 aromatic carbocycles. The van der Waals surface area contributed by atoms with E-state index in [0.29, 0.717) is 19.4 Å². The van der Waals surface area contributed by atoms with Crippen LogP contribution in [0.25, 0.3) is 0 Å². The van der Waals surface area contributed by atoms with Crippen LogP contribution in [0.2, 0.25) is 0 Å². The fourth-order valence-electron chi connectivity index (χ4n) is 3.11. The quantitative estimate of drug-likeness (QED) is 0.850. The van der Waals surface area contributed by atoms with Gasteiger partial charge in [-0.05, 0) is 25.8 Å². The van der Waals surface area contributed by atoms with Crippen LogP contribution in [0.15, 0.2) is 30.3 Å². The first-order valence-electron chi connectivity index (χ1n) is 7.19. The van der Waals surface area contributed by atoms with Crippen LogP contribution in [0.3, 0.4) is 0 Å². The summed E-state index contributed by atoms with van der Waals surface area (Å²) in [4.78, 5) is 14.0. The highest BCUT2D eigenvalue weighted by atomic mass is 16.8. The maximum absolute atomic E-state index is 12.2. The third-order valence-corrected chi connectivity index (χ3v) is 3.97. The fourth-order valence-corrected chi connectivity index (χ4v) is 3.11. The Kier molecular flexibility index (Phi) is 3.30. The van der Waals surface area contributed by atoms with Crippen molar-refractivity contribution in [3.63, 3.8) is 0 Å². The predicted octanol–water partition coefficient (Wildman–Crippen LogP) is 2.33. The van der Waals surface area contributed by atoms with Crippen molar-refractivity contribution in [1.29, 1.82) is 0 Å². The van der Waals surface area contributed by atoms with E-state index in [1.165, 1.54) is 0 Å². The highest BCUT2D eigenvalue weighted by molar-refractivity contribution is 5.78. The molecule has 0 aromatic heterocycles. The zero-order valence-electron chi connectivity index (χ0n) is 12.1. The van der Waals surface area contributed by atoms with Gasteiger partial charge in [-0.3, -0.25) is 4.79 Å². The third-order valence-electron chi connectivity index (χ3n) is 3.97. The van der Waals surface area contributed by atoms with Gasteiger partial charge in [0.05, 0.1) is 6.61 Å². The molecular weight excluding hydrogens is 254 g/mol. The lowest BCUT2D eigenvalue weighted by molar-refractivity contribution is -0.200. The summed E-state index contributed by atoms with van der Waals surface area (Å²) in [6.07, 6.45) is 2.18. The zero-order valence-corrected chi connectivity index (χ0v) is 12.1. The van der Waals surface area contributed by atoms with Crippen LogP contribution in [-0.4, -0.2) is 35.5 Å². The molecule has 1 aromatic rings. The van der Waals surface area contributed by atoms with Gasteiger partial charge in [0.2, 0.25) is 5.91 Å². The molecule has 0 N–H and O–H groups in total. The van der Waals surface area contributed by atoms with E-state index in [1.54, 1.807) is 0 Å². The van der Waals surface area contributed by atoms with E-state index in [2.05, 4.69) is 12.1 Å². The molecule has 4 nitrogen and oxygen atoms in total. The normalized spacial score (nSPS) is 29.1. The van der Waals surface area contributed by atoms with E-state index in [-0.39, 0.29) is 5.91 Å². The van der Waals surface area contributed by atoms with E-state index in [4.69, 9.17) is 9.47 Å². The van der Waals surface area contributed by atoms with Gasteiger partial charge in [-0.2, -0.15) is 0 Å². The molecule has 2 saturated heterocycles. The lowest BCUT2D eigenvalue weighted by atomic mass is 10.0. The summed E-state index contributed by atoms with van der Waals surface area (Å²) < 4.78 is 12.0. The molecule has 20 heavy (non-hydrogen) atoms. The summed E-state index contributed by atoms with van der Waals surface area (Å²) in [6, 6.07) is 10.1. The number of ether oxygens (including phenoxy) is 2. The first kappa shape index (κ1) is 13.6. The van der Waals surface area contributed by atoms with Crippen molar-refractivity contribution in [2.24, 2.45) is 0 Å². The van der Waals surface area contributed by atoms with E-state index in [0.717, 1.165) is 18.5 Å². The monoisotopic (exact) mass is 275 g/mol. The summed E-state index contributed by atoms with van der Waals surface area (Å²) in [7, 11) is 0. The molecule has 0 unspecified atom stereocenters. The van der Waals surface area contributed by atoms with Crippen LogP contribution >= 0.6 is 0 Å². The second kappa shape index (κ2) is 4.86. The number of benzene rings is 1. The topological polar surface area (TPSA) is 38.8 Å². The fraction of sp³-hybridized carbons (Fsp3) is 0.562. The number of rotatable bonds is 3. The molecule has 2 aliphatic rings. The largest absolute Gasteiger partial charge is 0.345 e. The molecular formula is C16H21NO3. The molecule has 2 fully saturated rings. The molecule has 2 aliphatic heterocycles. The summed E-state index contributed by atoms with van der Waals surface area (Å²) >= 11 is 0. The Labute approximate surface area is 119 Å². The maximum Gasteiger partial charge on any atom is 0.224 e. The molecule has 0 aliphatic carbocycles. The van der Waals surface area contributed by atoms with Crippen LogP contribution in [0, 0.1) is 0 Å². The van der Waals surface area contributed by atoms with Crippen molar-refractivity contribution in [3.8, 4) is 0 Å². The van der Waals surface area contributed by atoms with Gasteiger partial charge in [0.1, 0.15) is 0 Å². The van der Waals surface area contributed by atoms with Gasteiger partial charge in [0.15, 0.2) is 11.5 Å². The minimum absolute atomic E-state index is 0.169. The molecule has 0 radical (unpaired) electrons. The van der Waals surface area contributed by atoms with Gasteiger partial charge in [0.25, 0.3) is 0 Å². The SMILES string of the molecule is CC1(C)OC[C@@](Cc2ccccc2)(N2CCCC2=O)O1. The zero-order chi connectivity index (χ0) is 14.2. The standard InChI is InChI=1S/C16H21NO3/c1-15(2)19-12-16(20-15,17-10-6-9-14(17)18)11-13-7-4-3-5-8-13/h3-5,7-8H,6,9-12H2,1-2H3/t16-/m0/s1. The van der Waals surface area contributed by atoms with Gasteiger partial charge in [-0.15, -0.1) is 0 Å². The van der Waals surface area contributed by atoms with Crippen molar-refractivity contribution < 1.29 is 14.3 Å². The van der Waals surface area contributed by atoms with Crippen molar-refractivity contribution in [2.45, 2.75) is 44.6 Å². The lowest BCUT2D eigenvalue weighted by Crippen LogP contribution is -2.54. The number of hydrogen-bond donors (Lipinski definition) is 0. The number of hydrogen-bond acceptors (Lipinski definition) is 3. The Morgan fingerprint density at radius 3 is 2.55 bits per heavy atom. The van der Waals surface area contributed by atoms with Crippen LogP contribution in [0.4, 0.5) is 0 Å². The molecule has 1 amide bonds. The second-order valence-corrected chi connectivity index (χ2v) is 6.05. The summed E-state index contributed by atoms with van der Waals surface area (Å²) in [5, 5.41) is 0. The predicted molar refractivity (Wildman–Crippen MR) is 74.9 cm³/mol. The van der Waals surface area contributed by atoms with E-state index in [9.17, 15) is 4.79 Å². The second-order valence-electron chi connectivity index (χ2n) is 6.05.